The minimum absolute atomic E-state index is 0.0579. The monoisotopic (exact) mass is 343 g/mol. The van der Waals surface area contributed by atoms with Gasteiger partial charge in [0.05, 0.1) is 6.42 Å². The minimum Gasteiger partial charge on any atom is -0.381 e. The van der Waals surface area contributed by atoms with Crippen LogP contribution in [0.5, 0.6) is 0 Å². The van der Waals surface area contributed by atoms with Crippen molar-refractivity contribution in [2.75, 3.05) is 10.6 Å². The fourth-order valence-electron chi connectivity index (χ4n) is 3.24. The SMILES string of the molecule is CCc1cccc(NCc2cncc(-c3ccc4c(c3)NC(=O)C4)c2)c1. The van der Waals surface area contributed by atoms with Crippen LogP contribution in [-0.2, 0) is 24.2 Å². The predicted octanol–water partition coefficient (Wildman–Crippen LogP) is 4.42. The Morgan fingerprint density at radius 2 is 1.96 bits per heavy atom. The third-order valence-corrected chi connectivity index (χ3v) is 4.70. The van der Waals surface area contributed by atoms with Crippen LogP contribution in [0.4, 0.5) is 11.4 Å². The number of amides is 1. The van der Waals surface area contributed by atoms with Crippen LogP contribution < -0.4 is 10.6 Å². The molecule has 0 saturated heterocycles. The number of pyridine rings is 1. The molecule has 0 bridgehead atoms. The van der Waals surface area contributed by atoms with E-state index in [0.29, 0.717) is 6.42 Å². The minimum atomic E-state index is 0.0579. The van der Waals surface area contributed by atoms with E-state index in [1.807, 2.05) is 24.5 Å². The zero-order valence-electron chi connectivity index (χ0n) is 14.8. The maximum atomic E-state index is 11.5. The molecule has 0 unspecified atom stereocenters. The lowest BCUT2D eigenvalue weighted by atomic mass is 10.0. The molecule has 1 aliphatic rings. The van der Waals surface area contributed by atoms with Crippen molar-refractivity contribution in [2.45, 2.75) is 26.3 Å². The van der Waals surface area contributed by atoms with Crippen molar-refractivity contribution >= 4 is 17.3 Å². The molecule has 2 heterocycles. The number of hydrogen-bond donors (Lipinski definition) is 2. The van der Waals surface area contributed by atoms with Crippen molar-refractivity contribution < 1.29 is 4.79 Å². The Labute approximate surface area is 153 Å². The lowest BCUT2D eigenvalue weighted by Crippen LogP contribution is -2.03. The van der Waals surface area contributed by atoms with Crippen LogP contribution in [0.25, 0.3) is 11.1 Å². The van der Waals surface area contributed by atoms with E-state index in [1.54, 1.807) is 0 Å². The van der Waals surface area contributed by atoms with E-state index in [1.165, 1.54) is 5.56 Å². The number of carbonyl (C=O) groups is 1. The van der Waals surface area contributed by atoms with Gasteiger partial charge in [0.15, 0.2) is 0 Å². The second kappa shape index (κ2) is 7.00. The lowest BCUT2D eigenvalue weighted by molar-refractivity contribution is -0.115. The van der Waals surface area contributed by atoms with Crippen molar-refractivity contribution in [3.8, 4) is 11.1 Å². The molecule has 0 spiro atoms. The van der Waals surface area contributed by atoms with Crippen molar-refractivity contribution in [2.24, 2.45) is 0 Å². The molecule has 1 aromatic heterocycles. The molecule has 3 aromatic rings. The van der Waals surface area contributed by atoms with E-state index in [0.717, 1.165) is 46.6 Å². The summed E-state index contributed by atoms with van der Waals surface area (Å²) >= 11 is 0. The molecule has 0 aliphatic carbocycles. The first-order chi connectivity index (χ1) is 12.7. The summed E-state index contributed by atoms with van der Waals surface area (Å²) in [6, 6.07) is 16.7. The largest absolute Gasteiger partial charge is 0.381 e. The summed E-state index contributed by atoms with van der Waals surface area (Å²) in [4.78, 5) is 15.9. The van der Waals surface area contributed by atoms with E-state index >= 15 is 0 Å². The molecule has 2 aromatic carbocycles. The molecule has 0 radical (unpaired) electrons. The third kappa shape index (κ3) is 3.45. The molecule has 26 heavy (non-hydrogen) atoms. The quantitative estimate of drug-likeness (QED) is 0.721. The molecule has 2 N–H and O–H groups in total. The Morgan fingerprint density at radius 3 is 2.85 bits per heavy atom. The second-order valence-electron chi connectivity index (χ2n) is 6.59. The Morgan fingerprint density at radius 1 is 1.04 bits per heavy atom. The molecule has 130 valence electrons. The van der Waals surface area contributed by atoms with E-state index in [-0.39, 0.29) is 5.91 Å². The highest BCUT2D eigenvalue weighted by Crippen LogP contribution is 2.29. The molecule has 1 amide bonds. The van der Waals surface area contributed by atoms with Gasteiger partial charge in [-0.15, -0.1) is 0 Å². The van der Waals surface area contributed by atoms with Crippen molar-refractivity contribution in [3.63, 3.8) is 0 Å². The highest BCUT2D eigenvalue weighted by molar-refractivity contribution is 5.99. The van der Waals surface area contributed by atoms with Crippen LogP contribution in [0.15, 0.2) is 60.9 Å². The first kappa shape index (κ1) is 16.3. The molecule has 4 nitrogen and oxygen atoms in total. The zero-order chi connectivity index (χ0) is 17.9. The number of hydrogen-bond acceptors (Lipinski definition) is 3. The van der Waals surface area contributed by atoms with Gasteiger partial charge in [-0.25, -0.2) is 0 Å². The summed E-state index contributed by atoms with van der Waals surface area (Å²) in [5.74, 6) is 0.0579. The Kier molecular flexibility index (Phi) is 4.40. The summed E-state index contributed by atoms with van der Waals surface area (Å²) < 4.78 is 0. The normalized spacial score (nSPS) is 12.6. The zero-order valence-corrected chi connectivity index (χ0v) is 14.8. The highest BCUT2D eigenvalue weighted by atomic mass is 16.1. The Hall–Kier alpha value is -3.14. The van der Waals surface area contributed by atoms with Crippen molar-refractivity contribution in [3.05, 3.63) is 77.6 Å². The molecule has 1 aliphatic heterocycles. The molecular formula is C22H21N3O. The first-order valence-electron chi connectivity index (χ1n) is 8.91. The number of aromatic nitrogens is 1. The molecule has 4 heteroatoms. The maximum Gasteiger partial charge on any atom is 0.228 e. The van der Waals surface area contributed by atoms with Gasteiger partial charge >= 0.3 is 0 Å². The summed E-state index contributed by atoms with van der Waals surface area (Å²) in [5, 5.41) is 6.37. The van der Waals surface area contributed by atoms with Crippen LogP contribution in [0.3, 0.4) is 0 Å². The van der Waals surface area contributed by atoms with Gasteiger partial charge in [-0.1, -0.05) is 31.2 Å². The van der Waals surface area contributed by atoms with Crippen LogP contribution in [0, 0.1) is 0 Å². The number of nitrogens with zero attached hydrogens (tertiary/aromatic N) is 1. The Balaban J connectivity index is 1.52. The van der Waals surface area contributed by atoms with Crippen molar-refractivity contribution in [1.82, 2.24) is 4.98 Å². The van der Waals surface area contributed by atoms with Crippen LogP contribution in [0.1, 0.15) is 23.6 Å². The number of anilines is 2. The summed E-state index contributed by atoms with van der Waals surface area (Å²) in [6.45, 7) is 2.88. The smallest absolute Gasteiger partial charge is 0.228 e. The molecule has 0 fully saturated rings. The topological polar surface area (TPSA) is 54.0 Å². The van der Waals surface area contributed by atoms with Gasteiger partial charge in [0, 0.05) is 35.9 Å². The fraction of sp³-hybridized carbons (Fsp3) is 0.182. The number of benzene rings is 2. The van der Waals surface area contributed by atoms with Crippen LogP contribution in [-0.4, -0.2) is 10.9 Å². The molecule has 0 saturated carbocycles. The Bertz CT molecular complexity index is 965. The number of nitrogens with one attached hydrogen (secondary N) is 2. The molecular weight excluding hydrogens is 322 g/mol. The predicted molar refractivity (Wildman–Crippen MR) is 105 cm³/mol. The van der Waals surface area contributed by atoms with Gasteiger partial charge in [0.1, 0.15) is 0 Å². The number of fused-ring (bicyclic) bond motifs is 1. The third-order valence-electron chi connectivity index (χ3n) is 4.70. The lowest BCUT2D eigenvalue weighted by Gasteiger charge is -2.10. The van der Waals surface area contributed by atoms with Crippen LogP contribution in [0.2, 0.25) is 0 Å². The number of aryl methyl sites for hydroxylation is 1. The average Bonchev–Trinajstić information content (AvgIpc) is 3.06. The van der Waals surface area contributed by atoms with E-state index in [4.69, 9.17) is 0 Å². The highest BCUT2D eigenvalue weighted by Gasteiger charge is 2.17. The van der Waals surface area contributed by atoms with Gasteiger partial charge in [0.25, 0.3) is 0 Å². The van der Waals surface area contributed by atoms with E-state index < -0.39 is 0 Å². The van der Waals surface area contributed by atoms with Crippen LogP contribution >= 0.6 is 0 Å². The van der Waals surface area contributed by atoms with E-state index in [9.17, 15) is 4.79 Å². The average molecular weight is 343 g/mol. The molecule has 4 rings (SSSR count). The van der Waals surface area contributed by atoms with Gasteiger partial charge in [-0.3, -0.25) is 9.78 Å². The first-order valence-corrected chi connectivity index (χ1v) is 8.91. The number of rotatable bonds is 5. The standard InChI is InChI=1S/C22H21N3O/c1-2-15-4-3-5-20(9-15)24-13-16-8-19(14-23-12-16)17-6-7-18-11-22(26)25-21(18)10-17/h3-10,12,14,24H,2,11,13H2,1H3,(H,25,26). The maximum absolute atomic E-state index is 11.5. The van der Waals surface area contributed by atoms with E-state index in [2.05, 4.69) is 58.9 Å². The van der Waals surface area contributed by atoms with Crippen molar-refractivity contribution in [1.29, 1.82) is 0 Å². The van der Waals surface area contributed by atoms with Gasteiger partial charge in [-0.2, -0.15) is 0 Å². The summed E-state index contributed by atoms with van der Waals surface area (Å²) in [6.07, 6.45) is 5.24. The fourth-order valence-corrected chi connectivity index (χ4v) is 3.24. The van der Waals surface area contributed by atoms with Gasteiger partial charge in [0.2, 0.25) is 5.91 Å². The molecule has 0 atom stereocenters. The summed E-state index contributed by atoms with van der Waals surface area (Å²) in [7, 11) is 0. The van der Waals surface area contributed by atoms with Gasteiger partial charge in [-0.05, 0) is 52.9 Å². The second-order valence-corrected chi connectivity index (χ2v) is 6.59. The van der Waals surface area contributed by atoms with Gasteiger partial charge < -0.3 is 10.6 Å². The number of carbonyl (C=O) groups excluding carboxylic acids is 1. The summed E-state index contributed by atoms with van der Waals surface area (Å²) in [5.41, 5.74) is 7.64.